The fourth-order valence-corrected chi connectivity index (χ4v) is 4.75. The molecule has 5 rings (SSSR count). The molecule has 1 saturated heterocycles. The molecular formula is C23H21N7O7S. The van der Waals surface area contributed by atoms with E-state index in [9.17, 15) is 23.3 Å². The van der Waals surface area contributed by atoms with Crippen LogP contribution in [0, 0.1) is 10.1 Å². The van der Waals surface area contributed by atoms with Crippen molar-refractivity contribution in [3.8, 4) is 5.75 Å². The average Bonchev–Trinajstić information content (AvgIpc) is 3.56. The zero-order valence-corrected chi connectivity index (χ0v) is 20.4. The molecule has 3 heterocycles. The number of fused-ring (bicyclic) bond motifs is 1. The van der Waals surface area contributed by atoms with Gasteiger partial charge in [-0.2, -0.15) is 13.1 Å². The highest BCUT2D eigenvalue weighted by Gasteiger charge is 2.30. The topological polar surface area (TPSA) is 180 Å². The quantitative estimate of drug-likeness (QED) is 0.237. The Labute approximate surface area is 216 Å². The summed E-state index contributed by atoms with van der Waals surface area (Å²) in [5, 5.41) is 13.5. The summed E-state index contributed by atoms with van der Waals surface area (Å²) in [6.45, 7) is -0.0498. The van der Waals surface area contributed by atoms with Gasteiger partial charge in [0.2, 0.25) is 0 Å². The highest BCUT2D eigenvalue weighted by molar-refractivity contribution is 7.85. The molecule has 2 aromatic heterocycles. The van der Waals surface area contributed by atoms with Crippen LogP contribution in [-0.2, 0) is 15.0 Å². The molecule has 15 heteroatoms. The molecule has 1 fully saturated rings. The van der Waals surface area contributed by atoms with E-state index in [1.165, 1.54) is 24.8 Å². The molecule has 0 bridgehead atoms. The number of nitro groups is 1. The van der Waals surface area contributed by atoms with E-state index in [-0.39, 0.29) is 29.7 Å². The Morgan fingerprint density at radius 1 is 1.11 bits per heavy atom. The van der Waals surface area contributed by atoms with E-state index in [1.54, 1.807) is 28.8 Å². The van der Waals surface area contributed by atoms with Crippen molar-refractivity contribution in [2.24, 2.45) is 0 Å². The van der Waals surface area contributed by atoms with E-state index in [0.717, 1.165) is 12.1 Å². The number of rotatable bonds is 9. The third kappa shape index (κ3) is 5.59. The first kappa shape index (κ1) is 25.2. The molecule has 1 amide bonds. The summed E-state index contributed by atoms with van der Waals surface area (Å²) >= 11 is 0. The number of imidazole rings is 1. The molecule has 14 nitrogen and oxygen atoms in total. The van der Waals surface area contributed by atoms with Gasteiger partial charge in [-0.3, -0.25) is 19.5 Å². The fraction of sp³-hybridized carbons (Fsp3) is 0.217. The van der Waals surface area contributed by atoms with Crippen LogP contribution in [0.2, 0.25) is 0 Å². The smallest absolute Gasteiger partial charge is 0.371 e. The zero-order chi connectivity index (χ0) is 26.7. The van der Waals surface area contributed by atoms with Crippen LogP contribution in [0.25, 0.3) is 11.2 Å². The monoisotopic (exact) mass is 539 g/mol. The Bertz CT molecular complexity index is 1580. The maximum absolute atomic E-state index is 12.5. The van der Waals surface area contributed by atoms with Crippen LogP contribution >= 0.6 is 0 Å². The molecule has 2 atom stereocenters. The molecule has 4 aromatic rings. The Balaban J connectivity index is 1.21. The van der Waals surface area contributed by atoms with Gasteiger partial charge in [-0.1, -0.05) is 18.2 Å². The van der Waals surface area contributed by atoms with Gasteiger partial charge in [0.15, 0.2) is 17.0 Å². The maximum atomic E-state index is 12.5. The van der Waals surface area contributed by atoms with Gasteiger partial charge in [0.1, 0.15) is 18.3 Å². The number of nitrogens with one attached hydrogen (secondary N) is 2. The number of nitrogens with zero attached hydrogens (tertiary/aromatic N) is 5. The SMILES string of the molecule is O=C(Nc1ncnc2c1ncn2[C@H]1CC[C@@H](CNS(=O)(=O)Oc2ccc([N+](=O)[O-])cc2)O1)c1ccccc1. The molecular weight excluding hydrogens is 518 g/mol. The van der Waals surface area contributed by atoms with Crippen LogP contribution in [-0.4, -0.2) is 51.4 Å². The summed E-state index contributed by atoms with van der Waals surface area (Å²) in [6.07, 6.45) is 3.05. The van der Waals surface area contributed by atoms with Gasteiger partial charge in [-0.25, -0.2) is 15.0 Å². The number of hydrogen-bond donors (Lipinski definition) is 2. The largest absolute Gasteiger partial charge is 0.382 e. The lowest BCUT2D eigenvalue weighted by Gasteiger charge is -2.16. The lowest BCUT2D eigenvalue weighted by atomic mass is 10.2. The summed E-state index contributed by atoms with van der Waals surface area (Å²) in [5.41, 5.74) is 1.13. The highest BCUT2D eigenvalue weighted by Crippen LogP contribution is 2.31. The molecule has 1 aliphatic heterocycles. The van der Waals surface area contributed by atoms with Crippen molar-refractivity contribution >= 4 is 38.9 Å². The van der Waals surface area contributed by atoms with Crippen LogP contribution in [0.15, 0.2) is 67.3 Å². The normalized spacial score (nSPS) is 17.4. The second kappa shape index (κ2) is 10.5. The standard InChI is InChI=1S/C23H21N7O7S/c31-23(15-4-2-1-3-5-15)28-21-20-22(25-13-24-21)29(14-26-20)19-11-10-18(36-19)12-27-38(34,35)37-17-8-6-16(7-9-17)30(32)33/h1-9,13-14,18-19,27H,10-12H2,(H,24,25,28,31)/t18-,19+/m0/s1. The minimum Gasteiger partial charge on any atom is -0.371 e. The van der Waals surface area contributed by atoms with Gasteiger partial charge in [0, 0.05) is 24.2 Å². The van der Waals surface area contributed by atoms with E-state index < -0.39 is 27.6 Å². The van der Waals surface area contributed by atoms with Gasteiger partial charge in [-0.15, -0.1) is 0 Å². The molecule has 0 saturated carbocycles. The number of nitro benzene ring substituents is 1. The molecule has 2 N–H and O–H groups in total. The molecule has 0 unspecified atom stereocenters. The van der Waals surface area contributed by atoms with E-state index in [0.29, 0.717) is 29.6 Å². The van der Waals surface area contributed by atoms with E-state index in [1.807, 2.05) is 6.07 Å². The highest BCUT2D eigenvalue weighted by atomic mass is 32.2. The Kier molecular flexibility index (Phi) is 6.95. The van der Waals surface area contributed by atoms with E-state index in [4.69, 9.17) is 8.92 Å². The maximum Gasteiger partial charge on any atom is 0.382 e. The lowest BCUT2D eigenvalue weighted by Crippen LogP contribution is -2.35. The fourth-order valence-electron chi connectivity index (χ4n) is 3.94. The third-order valence-electron chi connectivity index (χ3n) is 5.76. The number of carbonyl (C=O) groups excluding carboxylic acids is 1. The second-order valence-corrected chi connectivity index (χ2v) is 9.66. The molecule has 0 radical (unpaired) electrons. The number of hydrogen-bond acceptors (Lipinski definition) is 10. The predicted molar refractivity (Wildman–Crippen MR) is 134 cm³/mol. The predicted octanol–water partition coefficient (Wildman–Crippen LogP) is 2.58. The molecule has 196 valence electrons. The van der Waals surface area contributed by atoms with Gasteiger partial charge in [0.05, 0.1) is 17.4 Å². The van der Waals surface area contributed by atoms with Crippen molar-refractivity contribution in [2.75, 3.05) is 11.9 Å². The van der Waals surface area contributed by atoms with Crippen LogP contribution in [0.1, 0.15) is 29.4 Å². The van der Waals surface area contributed by atoms with E-state index in [2.05, 4.69) is 25.0 Å². The van der Waals surface area contributed by atoms with Gasteiger partial charge in [0.25, 0.3) is 11.6 Å². The van der Waals surface area contributed by atoms with E-state index >= 15 is 0 Å². The number of ether oxygens (including phenoxy) is 1. The molecule has 0 aliphatic carbocycles. The van der Waals surface area contributed by atoms with Gasteiger partial charge in [-0.05, 0) is 37.1 Å². The van der Waals surface area contributed by atoms with Crippen LogP contribution in [0.5, 0.6) is 5.75 Å². The van der Waals surface area contributed by atoms with Crippen molar-refractivity contribution in [1.29, 1.82) is 0 Å². The van der Waals surface area contributed by atoms with Crippen LogP contribution in [0.4, 0.5) is 11.5 Å². The summed E-state index contributed by atoms with van der Waals surface area (Å²) in [7, 11) is -4.18. The first-order chi connectivity index (χ1) is 18.3. The number of anilines is 1. The summed E-state index contributed by atoms with van der Waals surface area (Å²) in [5.74, 6) is -0.137. The minimum absolute atomic E-state index is 0.0498. The lowest BCUT2D eigenvalue weighted by molar-refractivity contribution is -0.384. The number of aromatic nitrogens is 4. The number of non-ortho nitro benzene ring substituents is 1. The van der Waals surface area contributed by atoms with Crippen molar-refractivity contribution < 1.29 is 27.1 Å². The van der Waals surface area contributed by atoms with Crippen molar-refractivity contribution in [1.82, 2.24) is 24.2 Å². The second-order valence-electron chi connectivity index (χ2n) is 8.29. The third-order valence-corrected chi connectivity index (χ3v) is 6.70. The first-order valence-corrected chi connectivity index (χ1v) is 12.8. The van der Waals surface area contributed by atoms with Gasteiger partial charge < -0.3 is 14.2 Å². The average molecular weight is 540 g/mol. The molecule has 2 aromatic carbocycles. The summed E-state index contributed by atoms with van der Waals surface area (Å²) in [6, 6.07) is 13.4. The zero-order valence-electron chi connectivity index (χ0n) is 19.6. The molecule has 1 aliphatic rings. The Morgan fingerprint density at radius 2 is 1.87 bits per heavy atom. The first-order valence-electron chi connectivity index (χ1n) is 11.4. The van der Waals surface area contributed by atoms with Crippen molar-refractivity contribution in [2.45, 2.75) is 25.2 Å². The van der Waals surface area contributed by atoms with Crippen LogP contribution < -0.4 is 14.2 Å². The number of carbonyl (C=O) groups is 1. The van der Waals surface area contributed by atoms with Crippen LogP contribution in [0.3, 0.4) is 0 Å². The summed E-state index contributed by atoms with van der Waals surface area (Å²) in [4.78, 5) is 35.5. The number of amides is 1. The molecule has 38 heavy (non-hydrogen) atoms. The van der Waals surface area contributed by atoms with Gasteiger partial charge >= 0.3 is 10.3 Å². The Morgan fingerprint density at radius 3 is 2.61 bits per heavy atom. The molecule has 0 spiro atoms. The van der Waals surface area contributed by atoms with Crippen molar-refractivity contribution in [3.05, 3.63) is 82.9 Å². The Hall–Kier alpha value is -4.47. The summed E-state index contributed by atoms with van der Waals surface area (Å²) < 4.78 is 39.6. The minimum atomic E-state index is -4.18. The number of benzene rings is 2. The van der Waals surface area contributed by atoms with Crippen molar-refractivity contribution in [3.63, 3.8) is 0 Å².